The van der Waals surface area contributed by atoms with Crippen molar-refractivity contribution in [2.24, 2.45) is 0 Å². The van der Waals surface area contributed by atoms with Crippen molar-refractivity contribution in [3.05, 3.63) is 21.9 Å². The van der Waals surface area contributed by atoms with Crippen LogP contribution in [0.2, 0.25) is 0 Å². The number of hydrogen-bond acceptors (Lipinski definition) is 5. The summed E-state index contributed by atoms with van der Waals surface area (Å²) >= 11 is 3.50. The van der Waals surface area contributed by atoms with Crippen LogP contribution in [0.3, 0.4) is 0 Å². The van der Waals surface area contributed by atoms with Gasteiger partial charge in [0, 0.05) is 11.0 Å². The van der Waals surface area contributed by atoms with Crippen LogP contribution in [0.5, 0.6) is 11.8 Å². The fourth-order valence-corrected chi connectivity index (χ4v) is 2.50. The van der Waals surface area contributed by atoms with E-state index in [1.807, 2.05) is 0 Å². The van der Waals surface area contributed by atoms with Crippen molar-refractivity contribution < 1.29 is 14.3 Å². The highest BCUT2D eigenvalue weighted by molar-refractivity contribution is 9.11. The van der Waals surface area contributed by atoms with E-state index in [4.69, 9.17) is 9.47 Å². The molecule has 20 heavy (non-hydrogen) atoms. The summed E-state index contributed by atoms with van der Waals surface area (Å²) in [5.41, 5.74) is 1.52. The summed E-state index contributed by atoms with van der Waals surface area (Å²) in [6.45, 7) is 3.24. The maximum atomic E-state index is 12.7. The Bertz CT molecular complexity index is 538. The van der Waals surface area contributed by atoms with E-state index in [0.29, 0.717) is 13.1 Å². The van der Waals surface area contributed by atoms with E-state index in [2.05, 4.69) is 32.8 Å². The Kier molecular flexibility index (Phi) is 4.59. The maximum absolute atomic E-state index is 12.7. The van der Waals surface area contributed by atoms with Crippen LogP contribution in [0, 0.1) is 0 Å². The van der Waals surface area contributed by atoms with E-state index >= 15 is 0 Å². The number of carbonyl (C=O) groups is 1. The number of rotatable bonds is 3. The van der Waals surface area contributed by atoms with Crippen LogP contribution in [0.1, 0.15) is 23.7 Å². The zero-order valence-electron chi connectivity index (χ0n) is 11.6. The summed E-state index contributed by atoms with van der Waals surface area (Å²) in [7, 11) is 2.93. The third-order valence-corrected chi connectivity index (χ3v) is 4.14. The van der Waals surface area contributed by atoms with E-state index in [9.17, 15) is 4.79 Å². The highest BCUT2D eigenvalue weighted by Crippen LogP contribution is 2.28. The molecule has 0 unspecified atom stereocenters. The fraction of sp³-hybridized carbons (Fsp3) is 0.462. The Morgan fingerprint density at radius 1 is 1.30 bits per heavy atom. The largest absolute Gasteiger partial charge is 0.480 e. The zero-order valence-corrected chi connectivity index (χ0v) is 13.2. The summed E-state index contributed by atoms with van der Waals surface area (Å²) in [4.78, 5) is 22.3. The Morgan fingerprint density at radius 3 is 2.40 bits per heavy atom. The standard InChI is InChI=1S/C13H16BrN3O3/c1-8-4-5-17(6-9(8)14)13(18)10-11(19-2)15-7-16-12(10)20-3/h7H,4-6H2,1-3H3. The molecule has 6 nitrogen and oxygen atoms in total. The first-order valence-corrected chi connectivity index (χ1v) is 6.94. The predicted octanol–water partition coefficient (Wildman–Crippen LogP) is 2.01. The highest BCUT2D eigenvalue weighted by Gasteiger charge is 2.28. The van der Waals surface area contributed by atoms with Gasteiger partial charge in [0.15, 0.2) is 5.56 Å². The minimum atomic E-state index is -0.191. The van der Waals surface area contributed by atoms with Crippen LogP contribution >= 0.6 is 15.9 Å². The van der Waals surface area contributed by atoms with Crippen molar-refractivity contribution >= 4 is 21.8 Å². The molecule has 0 aromatic carbocycles. The number of hydrogen-bond donors (Lipinski definition) is 0. The molecule has 0 atom stereocenters. The molecule has 1 aliphatic rings. The minimum Gasteiger partial charge on any atom is -0.480 e. The van der Waals surface area contributed by atoms with Gasteiger partial charge < -0.3 is 14.4 Å². The fourth-order valence-electron chi connectivity index (χ4n) is 2.00. The quantitative estimate of drug-likeness (QED) is 0.841. The van der Waals surface area contributed by atoms with E-state index in [1.165, 1.54) is 26.1 Å². The molecule has 0 fully saturated rings. The lowest BCUT2D eigenvalue weighted by Gasteiger charge is -2.28. The first-order chi connectivity index (χ1) is 9.58. The van der Waals surface area contributed by atoms with Gasteiger partial charge in [0.25, 0.3) is 5.91 Å². The lowest BCUT2D eigenvalue weighted by atomic mass is 10.1. The van der Waals surface area contributed by atoms with Crippen LogP contribution in [0.15, 0.2) is 16.4 Å². The van der Waals surface area contributed by atoms with E-state index in [1.54, 1.807) is 4.90 Å². The van der Waals surface area contributed by atoms with Crippen LogP contribution in [0.4, 0.5) is 0 Å². The molecule has 0 saturated heterocycles. The molecule has 0 saturated carbocycles. The lowest BCUT2D eigenvalue weighted by Crippen LogP contribution is -2.36. The van der Waals surface area contributed by atoms with Crippen LogP contribution in [-0.4, -0.2) is 48.1 Å². The van der Waals surface area contributed by atoms with Crippen LogP contribution in [0.25, 0.3) is 0 Å². The summed E-state index contributed by atoms with van der Waals surface area (Å²) in [5, 5.41) is 0. The minimum absolute atomic E-state index is 0.191. The molecular formula is C13H16BrN3O3. The molecule has 0 N–H and O–H groups in total. The molecule has 1 aromatic heterocycles. The average molecular weight is 342 g/mol. The first kappa shape index (κ1) is 14.8. The van der Waals surface area contributed by atoms with Gasteiger partial charge in [-0.2, -0.15) is 0 Å². The molecule has 0 bridgehead atoms. The lowest BCUT2D eigenvalue weighted by molar-refractivity contribution is 0.0758. The number of ether oxygens (including phenoxy) is 2. The predicted molar refractivity (Wildman–Crippen MR) is 77.3 cm³/mol. The number of amides is 1. The van der Waals surface area contributed by atoms with E-state index < -0.39 is 0 Å². The molecule has 2 heterocycles. The maximum Gasteiger partial charge on any atom is 0.265 e. The molecule has 0 radical (unpaired) electrons. The van der Waals surface area contributed by atoms with Crippen LogP contribution in [-0.2, 0) is 0 Å². The van der Waals surface area contributed by atoms with Crippen molar-refractivity contribution in [3.63, 3.8) is 0 Å². The van der Waals surface area contributed by atoms with Crippen molar-refractivity contribution in [1.29, 1.82) is 0 Å². The number of halogens is 1. The van der Waals surface area contributed by atoms with Crippen molar-refractivity contribution in [3.8, 4) is 11.8 Å². The Hall–Kier alpha value is -1.63. The van der Waals surface area contributed by atoms with Crippen LogP contribution < -0.4 is 9.47 Å². The summed E-state index contributed by atoms with van der Waals surface area (Å²) in [6, 6.07) is 0. The van der Waals surface area contributed by atoms with Crippen molar-refractivity contribution in [2.45, 2.75) is 13.3 Å². The second kappa shape index (κ2) is 6.21. The molecule has 108 valence electrons. The molecule has 2 rings (SSSR count). The summed E-state index contributed by atoms with van der Waals surface area (Å²) in [5.74, 6) is 0.261. The van der Waals surface area contributed by atoms with E-state index in [0.717, 1.165) is 10.9 Å². The molecule has 0 spiro atoms. The van der Waals surface area contributed by atoms with Crippen molar-refractivity contribution in [2.75, 3.05) is 27.3 Å². The monoisotopic (exact) mass is 341 g/mol. The normalized spacial score (nSPS) is 15.3. The SMILES string of the molecule is COc1ncnc(OC)c1C(=O)N1CCC(C)=C(Br)C1. The van der Waals surface area contributed by atoms with Crippen molar-refractivity contribution in [1.82, 2.24) is 14.9 Å². The highest BCUT2D eigenvalue weighted by atomic mass is 79.9. The smallest absolute Gasteiger partial charge is 0.265 e. The number of aromatic nitrogens is 2. The van der Waals surface area contributed by atoms with Gasteiger partial charge in [0.2, 0.25) is 11.8 Å². The molecule has 1 aromatic rings. The third kappa shape index (κ3) is 2.77. The molecular weight excluding hydrogens is 326 g/mol. The third-order valence-electron chi connectivity index (χ3n) is 3.21. The first-order valence-electron chi connectivity index (χ1n) is 6.14. The molecule has 1 amide bonds. The average Bonchev–Trinajstić information content (AvgIpc) is 2.48. The second-order valence-corrected chi connectivity index (χ2v) is 5.39. The van der Waals surface area contributed by atoms with Gasteiger partial charge in [-0.05, 0) is 13.3 Å². The molecule has 0 aliphatic carbocycles. The topological polar surface area (TPSA) is 64.6 Å². The van der Waals surface area contributed by atoms with Gasteiger partial charge in [-0.3, -0.25) is 4.79 Å². The van der Waals surface area contributed by atoms with Gasteiger partial charge in [0.05, 0.1) is 20.8 Å². The second-order valence-electron chi connectivity index (χ2n) is 4.43. The Morgan fingerprint density at radius 2 is 1.90 bits per heavy atom. The Balaban J connectivity index is 2.34. The number of carbonyl (C=O) groups excluding carboxylic acids is 1. The van der Waals surface area contributed by atoms with Gasteiger partial charge in [-0.15, -0.1) is 0 Å². The van der Waals surface area contributed by atoms with Gasteiger partial charge in [-0.1, -0.05) is 21.5 Å². The van der Waals surface area contributed by atoms with Gasteiger partial charge in [-0.25, -0.2) is 9.97 Å². The van der Waals surface area contributed by atoms with Gasteiger partial charge >= 0.3 is 0 Å². The Labute approximate surface area is 125 Å². The number of methoxy groups -OCH3 is 2. The molecule has 7 heteroatoms. The summed E-state index contributed by atoms with van der Waals surface area (Å²) < 4.78 is 11.3. The summed E-state index contributed by atoms with van der Waals surface area (Å²) in [6.07, 6.45) is 2.15. The molecule has 1 aliphatic heterocycles. The van der Waals surface area contributed by atoms with Gasteiger partial charge in [0.1, 0.15) is 6.33 Å². The van der Waals surface area contributed by atoms with E-state index in [-0.39, 0.29) is 23.2 Å². The number of nitrogens with zero attached hydrogens (tertiary/aromatic N) is 3. The zero-order chi connectivity index (χ0) is 14.7.